The average molecular weight is 283 g/mol. The van der Waals surface area contributed by atoms with Crippen LogP contribution >= 0.6 is 0 Å². The molecule has 1 fully saturated rings. The van der Waals surface area contributed by atoms with Gasteiger partial charge in [-0.3, -0.25) is 9.59 Å². The molecule has 0 radical (unpaired) electrons. The molecule has 1 aliphatic rings. The minimum absolute atomic E-state index is 0.0410. The highest BCUT2D eigenvalue weighted by molar-refractivity contribution is 5.79. The van der Waals surface area contributed by atoms with Crippen molar-refractivity contribution in [2.75, 3.05) is 13.1 Å². The fourth-order valence-corrected chi connectivity index (χ4v) is 2.38. The maximum atomic E-state index is 11.7. The Hall–Kier alpha value is -1.10. The Morgan fingerprint density at radius 2 is 1.85 bits per heavy atom. The van der Waals surface area contributed by atoms with Crippen molar-refractivity contribution >= 4 is 11.8 Å². The Kier molecular flexibility index (Phi) is 8.26. The largest absolute Gasteiger partial charge is 0.354 e. The van der Waals surface area contributed by atoms with Crippen LogP contribution in [0.5, 0.6) is 0 Å². The summed E-state index contributed by atoms with van der Waals surface area (Å²) in [7, 11) is 0. The Bertz CT molecular complexity index is 301. The summed E-state index contributed by atoms with van der Waals surface area (Å²) < 4.78 is 0. The molecule has 0 spiro atoms. The summed E-state index contributed by atoms with van der Waals surface area (Å²) in [5.41, 5.74) is 0. The SMILES string of the molecule is CCC(C)NC(=O)CCNCC(=O)NC1CCCCC1. The summed E-state index contributed by atoms with van der Waals surface area (Å²) >= 11 is 0. The van der Waals surface area contributed by atoms with Crippen molar-refractivity contribution in [3.63, 3.8) is 0 Å². The molecule has 0 saturated heterocycles. The molecule has 1 aliphatic carbocycles. The molecule has 5 nitrogen and oxygen atoms in total. The van der Waals surface area contributed by atoms with Gasteiger partial charge in [0.15, 0.2) is 0 Å². The number of rotatable bonds is 8. The van der Waals surface area contributed by atoms with Crippen LogP contribution in [0.15, 0.2) is 0 Å². The molecule has 0 bridgehead atoms. The third-order valence-corrected chi connectivity index (χ3v) is 3.80. The van der Waals surface area contributed by atoms with E-state index in [1.54, 1.807) is 0 Å². The molecular formula is C15H29N3O2. The van der Waals surface area contributed by atoms with Crippen LogP contribution in [0.2, 0.25) is 0 Å². The van der Waals surface area contributed by atoms with Gasteiger partial charge in [0.2, 0.25) is 11.8 Å². The van der Waals surface area contributed by atoms with E-state index in [4.69, 9.17) is 0 Å². The van der Waals surface area contributed by atoms with E-state index in [2.05, 4.69) is 16.0 Å². The number of carbonyl (C=O) groups excluding carboxylic acids is 2. The lowest BCUT2D eigenvalue weighted by molar-refractivity contribution is -0.123. The summed E-state index contributed by atoms with van der Waals surface area (Å²) in [5.74, 6) is 0.0822. The molecule has 116 valence electrons. The number of hydrogen-bond acceptors (Lipinski definition) is 3. The molecule has 5 heteroatoms. The summed E-state index contributed by atoms with van der Waals surface area (Å²) in [4.78, 5) is 23.2. The Morgan fingerprint density at radius 3 is 2.50 bits per heavy atom. The zero-order valence-corrected chi connectivity index (χ0v) is 12.8. The van der Waals surface area contributed by atoms with E-state index in [0.717, 1.165) is 19.3 Å². The van der Waals surface area contributed by atoms with Crippen LogP contribution in [0.1, 0.15) is 58.8 Å². The second kappa shape index (κ2) is 9.75. The first-order valence-corrected chi connectivity index (χ1v) is 7.91. The summed E-state index contributed by atoms with van der Waals surface area (Å²) in [6.07, 6.45) is 7.27. The number of nitrogens with one attached hydrogen (secondary N) is 3. The Labute approximate surface area is 122 Å². The first-order valence-electron chi connectivity index (χ1n) is 7.91. The van der Waals surface area contributed by atoms with Crippen molar-refractivity contribution in [2.24, 2.45) is 0 Å². The van der Waals surface area contributed by atoms with Crippen molar-refractivity contribution in [3.05, 3.63) is 0 Å². The zero-order valence-electron chi connectivity index (χ0n) is 12.8. The van der Waals surface area contributed by atoms with E-state index in [1.807, 2.05) is 13.8 Å². The Balaban J connectivity index is 2.02. The number of hydrogen-bond donors (Lipinski definition) is 3. The van der Waals surface area contributed by atoms with E-state index in [0.29, 0.717) is 25.6 Å². The van der Waals surface area contributed by atoms with E-state index < -0.39 is 0 Å². The first-order chi connectivity index (χ1) is 9.61. The zero-order chi connectivity index (χ0) is 14.8. The lowest BCUT2D eigenvalue weighted by Gasteiger charge is -2.22. The lowest BCUT2D eigenvalue weighted by atomic mass is 9.95. The van der Waals surface area contributed by atoms with E-state index in [9.17, 15) is 9.59 Å². The van der Waals surface area contributed by atoms with Gasteiger partial charge in [-0.2, -0.15) is 0 Å². The van der Waals surface area contributed by atoms with Crippen molar-refractivity contribution in [2.45, 2.75) is 70.9 Å². The highest BCUT2D eigenvalue weighted by Gasteiger charge is 2.15. The first kappa shape index (κ1) is 17.0. The van der Waals surface area contributed by atoms with E-state index in [1.165, 1.54) is 19.3 Å². The molecule has 3 N–H and O–H groups in total. The van der Waals surface area contributed by atoms with Crippen LogP contribution in [0.4, 0.5) is 0 Å². The molecule has 1 rings (SSSR count). The fourth-order valence-electron chi connectivity index (χ4n) is 2.38. The molecule has 0 heterocycles. The average Bonchev–Trinajstić information content (AvgIpc) is 2.44. The third kappa shape index (κ3) is 7.48. The van der Waals surface area contributed by atoms with Gasteiger partial charge in [0.05, 0.1) is 6.54 Å². The van der Waals surface area contributed by atoms with Crippen LogP contribution in [-0.2, 0) is 9.59 Å². The van der Waals surface area contributed by atoms with Gasteiger partial charge in [0.1, 0.15) is 0 Å². The fraction of sp³-hybridized carbons (Fsp3) is 0.867. The highest BCUT2D eigenvalue weighted by atomic mass is 16.2. The topological polar surface area (TPSA) is 70.2 Å². The molecule has 20 heavy (non-hydrogen) atoms. The highest BCUT2D eigenvalue weighted by Crippen LogP contribution is 2.16. The van der Waals surface area contributed by atoms with Gasteiger partial charge in [0.25, 0.3) is 0 Å². The molecule has 2 amide bonds. The maximum Gasteiger partial charge on any atom is 0.234 e. The van der Waals surface area contributed by atoms with E-state index >= 15 is 0 Å². The predicted octanol–water partition coefficient (Wildman–Crippen LogP) is 1.33. The van der Waals surface area contributed by atoms with Crippen molar-refractivity contribution in [1.82, 2.24) is 16.0 Å². The molecule has 1 atom stereocenters. The normalized spacial score (nSPS) is 17.5. The standard InChI is InChI=1S/C15H29N3O2/c1-3-12(2)17-14(19)9-10-16-11-15(20)18-13-7-5-4-6-8-13/h12-13,16H,3-11H2,1-2H3,(H,17,19)(H,18,20). The molecule has 0 aliphatic heterocycles. The molecule has 0 aromatic rings. The van der Waals surface area contributed by atoms with Crippen LogP contribution in [0, 0.1) is 0 Å². The molecule has 0 aromatic heterocycles. The van der Waals surface area contributed by atoms with Gasteiger partial charge in [-0.05, 0) is 26.2 Å². The maximum absolute atomic E-state index is 11.7. The van der Waals surface area contributed by atoms with Crippen LogP contribution < -0.4 is 16.0 Å². The van der Waals surface area contributed by atoms with Gasteiger partial charge >= 0.3 is 0 Å². The summed E-state index contributed by atoms with van der Waals surface area (Å²) in [6.45, 7) is 4.87. The molecule has 1 saturated carbocycles. The number of amides is 2. The van der Waals surface area contributed by atoms with Crippen LogP contribution in [0.25, 0.3) is 0 Å². The lowest BCUT2D eigenvalue weighted by Crippen LogP contribution is -2.42. The minimum Gasteiger partial charge on any atom is -0.354 e. The van der Waals surface area contributed by atoms with Crippen LogP contribution in [-0.4, -0.2) is 37.0 Å². The van der Waals surface area contributed by atoms with Gasteiger partial charge in [-0.15, -0.1) is 0 Å². The Morgan fingerprint density at radius 1 is 1.15 bits per heavy atom. The van der Waals surface area contributed by atoms with Gasteiger partial charge < -0.3 is 16.0 Å². The van der Waals surface area contributed by atoms with Crippen molar-refractivity contribution in [3.8, 4) is 0 Å². The van der Waals surface area contributed by atoms with Crippen molar-refractivity contribution < 1.29 is 9.59 Å². The number of carbonyl (C=O) groups is 2. The summed E-state index contributed by atoms with van der Waals surface area (Å²) in [5, 5.41) is 8.97. The summed E-state index contributed by atoms with van der Waals surface area (Å²) in [6, 6.07) is 0.573. The molecule has 1 unspecified atom stereocenters. The monoisotopic (exact) mass is 283 g/mol. The molecule has 0 aromatic carbocycles. The van der Waals surface area contributed by atoms with E-state index in [-0.39, 0.29) is 17.9 Å². The second-order valence-corrected chi connectivity index (χ2v) is 5.71. The third-order valence-electron chi connectivity index (χ3n) is 3.80. The van der Waals surface area contributed by atoms with Crippen molar-refractivity contribution in [1.29, 1.82) is 0 Å². The van der Waals surface area contributed by atoms with Crippen LogP contribution in [0.3, 0.4) is 0 Å². The smallest absolute Gasteiger partial charge is 0.234 e. The van der Waals surface area contributed by atoms with Gasteiger partial charge in [0, 0.05) is 25.0 Å². The minimum atomic E-state index is 0.0410. The predicted molar refractivity (Wildman–Crippen MR) is 80.4 cm³/mol. The van der Waals surface area contributed by atoms with Gasteiger partial charge in [-0.1, -0.05) is 26.2 Å². The van der Waals surface area contributed by atoms with Gasteiger partial charge in [-0.25, -0.2) is 0 Å². The second-order valence-electron chi connectivity index (χ2n) is 5.71. The molecular weight excluding hydrogens is 254 g/mol. The quantitative estimate of drug-likeness (QED) is 0.589.